The maximum absolute atomic E-state index is 12.0. The molecule has 1 aliphatic heterocycles. The van der Waals surface area contributed by atoms with Gasteiger partial charge < -0.3 is 10.2 Å². The van der Waals surface area contributed by atoms with Crippen LogP contribution in [0, 0.1) is 0 Å². The maximum atomic E-state index is 12.0. The molecule has 0 amide bonds. The van der Waals surface area contributed by atoms with Gasteiger partial charge >= 0.3 is 11.9 Å². The van der Waals surface area contributed by atoms with E-state index >= 15 is 0 Å². The summed E-state index contributed by atoms with van der Waals surface area (Å²) in [5.74, 6) is -2.70. The van der Waals surface area contributed by atoms with Gasteiger partial charge in [0.25, 0.3) is 0 Å². The van der Waals surface area contributed by atoms with E-state index in [1.54, 1.807) is 18.2 Å². The van der Waals surface area contributed by atoms with Crippen LogP contribution in [0.5, 0.6) is 0 Å². The molecule has 0 aromatic heterocycles. The molecular weight excluding hydrogens is 286 g/mol. The molecule has 2 N–H and O–H groups in total. The van der Waals surface area contributed by atoms with Gasteiger partial charge in [0.2, 0.25) is 0 Å². The zero-order chi connectivity index (χ0) is 14.9. The molecule has 1 aromatic carbocycles. The summed E-state index contributed by atoms with van der Waals surface area (Å²) >= 11 is 0. The Bertz CT molecular complexity index is 638. The van der Waals surface area contributed by atoms with Crippen LogP contribution < -0.4 is 0 Å². The number of carboxylic acids is 2. The number of rotatable bonds is 5. The first kappa shape index (κ1) is 14.5. The van der Waals surface area contributed by atoms with E-state index in [9.17, 15) is 18.0 Å². The molecule has 1 atom stereocenters. The van der Waals surface area contributed by atoms with Gasteiger partial charge in [0.15, 0.2) is 9.84 Å². The first-order valence-electron chi connectivity index (χ1n) is 5.80. The Hall–Kier alpha value is -1.93. The van der Waals surface area contributed by atoms with E-state index in [1.165, 1.54) is 6.07 Å². The number of sulfone groups is 1. The quantitative estimate of drug-likeness (QED) is 0.786. The van der Waals surface area contributed by atoms with Crippen LogP contribution in [-0.4, -0.2) is 54.3 Å². The number of carbonyl (C=O) groups is 2. The van der Waals surface area contributed by atoms with Gasteiger partial charge in [0.1, 0.15) is 0 Å². The monoisotopic (exact) mass is 299 g/mol. The molecule has 0 aliphatic carbocycles. The molecule has 0 spiro atoms. The molecule has 8 heteroatoms. The second kappa shape index (κ2) is 5.22. The smallest absolute Gasteiger partial charge is 0.317 e. The summed E-state index contributed by atoms with van der Waals surface area (Å²) in [4.78, 5) is 23.0. The Kier molecular flexibility index (Phi) is 3.78. The van der Waals surface area contributed by atoms with Crippen molar-refractivity contribution in [1.29, 1.82) is 0 Å². The molecular formula is C12H13NO6S. The van der Waals surface area contributed by atoms with E-state index in [0.29, 0.717) is 5.56 Å². The fraction of sp³-hybridized carbons (Fsp3) is 0.333. The summed E-state index contributed by atoms with van der Waals surface area (Å²) in [6, 6.07) is 5.51. The first-order valence-corrected chi connectivity index (χ1v) is 7.46. The van der Waals surface area contributed by atoms with E-state index in [1.807, 2.05) is 0 Å². The highest BCUT2D eigenvalue weighted by atomic mass is 32.2. The van der Waals surface area contributed by atoms with Crippen LogP contribution in [0.15, 0.2) is 29.2 Å². The fourth-order valence-electron chi connectivity index (χ4n) is 2.35. The predicted octanol–water partition coefficient (Wildman–Crippen LogP) is -0.0138. The molecule has 1 unspecified atom stereocenters. The summed E-state index contributed by atoms with van der Waals surface area (Å²) in [7, 11) is -3.50. The number of carboxylic acid groups (broad SMARTS) is 2. The maximum Gasteiger partial charge on any atom is 0.317 e. The Morgan fingerprint density at radius 1 is 1.15 bits per heavy atom. The predicted molar refractivity (Wildman–Crippen MR) is 68.1 cm³/mol. The number of fused-ring (bicyclic) bond motifs is 1. The van der Waals surface area contributed by atoms with Gasteiger partial charge in [-0.1, -0.05) is 18.2 Å². The van der Waals surface area contributed by atoms with Gasteiger partial charge in [-0.2, -0.15) is 0 Å². The number of nitrogens with zero attached hydrogens (tertiary/aromatic N) is 1. The number of benzene rings is 1. The van der Waals surface area contributed by atoms with Gasteiger partial charge in [-0.05, 0) is 11.6 Å². The average Bonchev–Trinajstić information content (AvgIpc) is 2.60. The Morgan fingerprint density at radius 3 is 2.25 bits per heavy atom. The second-order valence-electron chi connectivity index (χ2n) is 4.53. The van der Waals surface area contributed by atoms with Crippen molar-refractivity contribution in [2.45, 2.75) is 10.9 Å². The van der Waals surface area contributed by atoms with Crippen molar-refractivity contribution < 1.29 is 28.2 Å². The van der Waals surface area contributed by atoms with Crippen molar-refractivity contribution in [2.75, 3.05) is 18.8 Å². The SMILES string of the molecule is O=C(O)CN(CC(=O)O)C1CS(=O)(=O)c2ccccc21. The van der Waals surface area contributed by atoms with Crippen molar-refractivity contribution in [3.05, 3.63) is 29.8 Å². The lowest BCUT2D eigenvalue weighted by molar-refractivity contribution is -0.142. The highest BCUT2D eigenvalue weighted by Crippen LogP contribution is 2.36. The van der Waals surface area contributed by atoms with Crippen molar-refractivity contribution in [1.82, 2.24) is 4.90 Å². The zero-order valence-electron chi connectivity index (χ0n) is 10.4. The van der Waals surface area contributed by atoms with Crippen molar-refractivity contribution >= 4 is 21.8 Å². The molecule has 1 aliphatic rings. The topological polar surface area (TPSA) is 112 Å². The lowest BCUT2D eigenvalue weighted by Crippen LogP contribution is -2.38. The third kappa shape index (κ3) is 2.81. The summed E-state index contributed by atoms with van der Waals surface area (Å²) in [6.07, 6.45) is 0. The van der Waals surface area contributed by atoms with Gasteiger partial charge in [-0.3, -0.25) is 14.5 Å². The van der Waals surface area contributed by atoms with Crippen LogP contribution in [0.25, 0.3) is 0 Å². The minimum absolute atomic E-state index is 0.144. The lowest BCUT2D eigenvalue weighted by atomic mass is 10.1. The number of aliphatic carboxylic acids is 2. The first-order chi connectivity index (χ1) is 9.31. The van der Waals surface area contributed by atoms with Crippen LogP contribution in [-0.2, 0) is 19.4 Å². The van der Waals surface area contributed by atoms with E-state index < -0.39 is 40.9 Å². The molecule has 20 heavy (non-hydrogen) atoms. The second-order valence-corrected chi connectivity index (χ2v) is 6.53. The molecule has 7 nitrogen and oxygen atoms in total. The Morgan fingerprint density at radius 2 is 1.70 bits per heavy atom. The van der Waals surface area contributed by atoms with E-state index in [2.05, 4.69) is 0 Å². The molecule has 0 bridgehead atoms. The molecule has 108 valence electrons. The minimum Gasteiger partial charge on any atom is -0.480 e. The van der Waals surface area contributed by atoms with Crippen molar-refractivity contribution in [3.63, 3.8) is 0 Å². The van der Waals surface area contributed by atoms with Gasteiger partial charge in [0.05, 0.1) is 29.8 Å². The van der Waals surface area contributed by atoms with Crippen LogP contribution in [0.4, 0.5) is 0 Å². The number of hydrogen-bond donors (Lipinski definition) is 2. The van der Waals surface area contributed by atoms with Crippen molar-refractivity contribution in [3.8, 4) is 0 Å². The summed E-state index contributed by atoms with van der Waals surface area (Å²) in [6.45, 7) is -1.05. The van der Waals surface area contributed by atoms with Gasteiger partial charge in [-0.25, -0.2) is 8.42 Å². The Labute approximate surface area is 115 Å². The van der Waals surface area contributed by atoms with Gasteiger partial charge in [0, 0.05) is 0 Å². The Balaban J connectivity index is 2.40. The minimum atomic E-state index is -3.50. The summed E-state index contributed by atoms with van der Waals surface area (Å²) < 4.78 is 24.0. The van der Waals surface area contributed by atoms with Crippen molar-refractivity contribution in [2.24, 2.45) is 0 Å². The molecule has 0 saturated heterocycles. The summed E-state index contributed by atoms with van der Waals surface area (Å²) in [5, 5.41) is 17.7. The molecule has 0 saturated carbocycles. The molecule has 0 radical (unpaired) electrons. The van der Waals surface area contributed by atoms with E-state index in [0.717, 1.165) is 4.90 Å². The zero-order valence-corrected chi connectivity index (χ0v) is 11.2. The lowest BCUT2D eigenvalue weighted by Gasteiger charge is -2.25. The molecule has 1 heterocycles. The van der Waals surface area contributed by atoms with Crippen LogP contribution in [0.3, 0.4) is 0 Å². The third-order valence-electron chi connectivity index (χ3n) is 3.11. The van der Waals surface area contributed by atoms with Crippen LogP contribution in [0.2, 0.25) is 0 Å². The highest BCUT2D eigenvalue weighted by molar-refractivity contribution is 7.91. The average molecular weight is 299 g/mol. The molecule has 0 fully saturated rings. The molecule has 2 rings (SSSR count). The molecule has 1 aromatic rings. The third-order valence-corrected chi connectivity index (χ3v) is 4.90. The van der Waals surface area contributed by atoms with Gasteiger partial charge in [-0.15, -0.1) is 0 Å². The number of hydrogen-bond acceptors (Lipinski definition) is 5. The highest BCUT2D eigenvalue weighted by Gasteiger charge is 2.38. The standard InChI is InChI=1S/C12H13NO6S/c14-11(15)5-13(6-12(16)17)9-7-20(18,19)10-4-2-1-3-8(9)10/h1-4,9H,5-7H2,(H,14,15)(H,16,17). The van der Waals surface area contributed by atoms with Crippen LogP contribution >= 0.6 is 0 Å². The van der Waals surface area contributed by atoms with Crippen LogP contribution in [0.1, 0.15) is 11.6 Å². The van der Waals surface area contributed by atoms with E-state index in [-0.39, 0.29) is 10.6 Å². The van der Waals surface area contributed by atoms with E-state index in [4.69, 9.17) is 10.2 Å². The fourth-order valence-corrected chi connectivity index (χ4v) is 4.19. The normalized spacial score (nSPS) is 19.8. The largest absolute Gasteiger partial charge is 0.480 e. The summed E-state index contributed by atoms with van der Waals surface area (Å²) in [5.41, 5.74) is 0.454.